The van der Waals surface area contributed by atoms with E-state index in [1.165, 1.54) is 31.2 Å². The van der Waals surface area contributed by atoms with Gasteiger partial charge in [-0.05, 0) is 25.5 Å². The summed E-state index contributed by atoms with van der Waals surface area (Å²) in [5.74, 6) is -2.11. The first-order valence-corrected chi connectivity index (χ1v) is 9.80. The molecule has 152 valence electrons. The number of hydrogen-bond donors (Lipinski definition) is 2. The topological polar surface area (TPSA) is 111 Å². The number of alkyl halides is 2. The summed E-state index contributed by atoms with van der Waals surface area (Å²) in [4.78, 5) is 23.6. The van der Waals surface area contributed by atoms with Crippen LogP contribution in [0.15, 0.2) is 24.3 Å². The Labute approximate surface area is 156 Å². The number of anilines is 1. The minimum absolute atomic E-state index is 0.0211. The maximum Gasteiger partial charge on any atom is 0.387 e. The lowest BCUT2D eigenvalue weighted by Gasteiger charge is -2.14. The van der Waals surface area contributed by atoms with Gasteiger partial charge in [-0.1, -0.05) is 25.5 Å². The van der Waals surface area contributed by atoms with Gasteiger partial charge in [0, 0.05) is 0 Å². The number of nitrogens with one attached hydrogen (secondary N) is 2. The SMILES string of the molecule is CCCCS(=O)(=O)N[C@@H](C)C(=O)OCC(=O)Nc1ccccc1OC(F)F. The molecular formula is C16H22F2N2O6S. The number of para-hydroxylation sites is 2. The monoisotopic (exact) mass is 408 g/mol. The molecule has 0 radical (unpaired) electrons. The van der Waals surface area contributed by atoms with Gasteiger partial charge >= 0.3 is 12.6 Å². The molecule has 0 aliphatic carbocycles. The summed E-state index contributed by atoms with van der Waals surface area (Å²) in [6, 6.07) is 4.34. The fraction of sp³-hybridized carbons (Fsp3) is 0.500. The number of esters is 1. The number of carbonyl (C=O) groups is 2. The summed E-state index contributed by atoms with van der Waals surface area (Å²) < 4.78 is 59.3. The van der Waals surface area contributed by atoms with Gasteiger partial charge in [0.1, 0.15) is 11.8 Å². The van der Waals surface area contributed by atoms with Gasteiger partial charge in [-0.2, -0.15) is 8.78 Å². The standard InChI is InChI=1S/C16H22F2N2O6S/c1-3-4-9-27(23,24)20-11(2)15(22)25-10-14(21)19-12-7-5-6-8-13(12)26-16(17)18/h5-8,11,16,20H,3-4,9-10H2,1-2H3,(H,19,21)/t11-/m0/s1. The molecule has 1 atom stereocenters. The second-order valence-corrected chi connectivity index (χ2v) is 7.42. The molecule has 1 rings (SSSR count). The molecule has 0 aromatic heterocycles. The van der Waals surface area contributed by atoms with Crippen LogP contribution in [0.25, 0.3) is 0 Å². The number of ether oxygens (including phenoxy) is 2. The highest BCUT2D eigenvalue weighted by Crippen LogP contribution is 2.25. The highest BCUT2D eigenvalue weighted by atomic mass is 32.2. The highest BCUT2D eigenvalue weighted by molar-refractivity contribution is 7.89. The van der Waals surface area contributed by atoms with Crippen LogP contribution in [-0.4, -0.2) is 45.3 Å². The number of amides is 1. The normalized spacial score (nSPS) is 12.5. The zero-order valence-corrected chi connectivity index (χ0v) is 15.7. The number of carbonyl (C=O) groups excluding carboxylic acids is 2. The first kappa shape index (κ1) is 22.8. The lowest BCUT2D eigenvalue weighted by atomic mass is 10.3. The van der Waals surface area contributed by atoms with Crippen LogP contribution in [0.4, 0.5) is 14.5 Å². The van der Waals surface area contributed by atoms with Crippen molar-refractivity contribution in [3.63, 3.8) is 0 Å². The molecular weight excluding hydrogens is 386 g/mol. The van der Waals surface area contributed by atoms with Crippen molar-refractivity contribution in [1.82, 2.24) is 4.72 Å². The van der Waals surface area contributed by atoms with E-state index in [9.17, 15) is 26.8 Å². The largest absolute Gasteiger partial charge is 0.454 e. The summed E-state index contributed by atoms with van der Waals surface area (Å²) in [6.07, 6.45) is 1.12. The second kappa shape index (κ2) is 10.8. The van der Waals surface area contributed by atoms with Crippen molar-refractivity contribution in [3.05, 3.63) is 24.3 Å². The molecule has 0 aliphatic heterocycles. The Balaban J connectivity index is 2.53. The highest BCUT2D eigenvalue weighted by Gasteiger charge is 2.22. The summed E-state index contributed by atoms with van der Waals surface area (Å²) in [5.41, 5.74) is -0.0211. The fourth-order valence-electron chi connectivity index (χ4n) is 1.93. The van der Waals surface area contributed by atoms with E-state index in [4.69, 9.17) is 4.74 Å². The average molecular weight is 408 g/mol. The fourth-order valence-corrected chi connectivity index (χ4v) is 3.35. The van der Waals surface area contributed by atoms with Gasteiger partial charge in [-0.25, -0.2) is 13.1 Å². The van der Waals surface area contributed by atoms with Crippen molar-refractivity contribution in [3.8, 4) is 5.75 Å². The maximum atomic E-state index is 12.3. The number of sulfonamides is 1. The molecule has 1 aromatic carbocycles. The molecule has 1 aromatic rings. The zero-order chi connectivity index (χ0) is 20.4. The summed E-state index contributed by atoms with van der Waals surface area (Å²) in [6.45, 7) is -0.670. The molecule has 0 heterocycles. The van der Waals surface area contributed by atoms with E-state index in [2.05, 4.69) is 14.8 Å². The van der Waals surface area contributed by atoms with Crippen molar-refractivity contribution in [1.29, 1.82) is 0 Å². The second-order valence-electron chi connectivity index (χ2n) is 5.54. The zero-order valence-electron chi connectivity index (χ0n) is 14.9. The van der Waals surface area contributed by atoms with E-state index < -0.39 is 41.2 Å². The van der Waals surface area contributed by atoms with Crippen LogP contribution in [0.5, 0.6) is 5.75 Å². The minimum Gasteiger partial charge on any atom is -0.454 e. The lowest BCUT2D eigenvalue weighted by molar-refractivity contribution is -0.148. The van der Waals surface area contributed by atoms with Crippen LogP contribution in [-0.2, 0) is 24.3 Å². The number of rotatable bonds is 11. The minimum atomic E-state index is -3.63. The van der Waals surface area contributed by atoms with Gasteiger partial charge in [0.05, 0.1) is 11.4 Å². The summed E-state index contributed by atoms with van der Waals surface area (Å²) >= 11 is 0. The van der Waals surface area contributed by atoms with E-state index in [0.717, 1.165) is 0 Å². The molecule has 11 heteroatoms. The van der Waals surface area contributed by atoms with Crippen molar-refractivity contribution < 1.29 is 36.3 Å². The molecule has 0 saturated carbocycles. The first-order valence-electron chi connectivity index (χ1n) is 8.15. The summed E-state index contributed by atoms with van der Waals surface area (Å²) in [7, 11) is -3.63. The molecule has 0 bridgehead atoms. The number of unbranched alkanes of at least 4 members (excludes halogenated alkanes) is 1. The Morgan fingerprint density at radius 1 is 1.22 bits per heavy atom. The van der Waals surface area contributed by atoms with Crippen LogP contribution in [0.1, 0.15) is 26.7 Å². The third-order valence-electron chi connectivity index (χ3n) is 3.20. The van der Waals surface area contributed by atoms with Crippen molar-refractivity contribution in [2.45, 2.75) is 39.3 Å². The number of benzene rings is 1. The van der Waals surface area contributed by atoms with Gasteiger partial charge in [0.15, 0.2) is 6.61 Å². The van der Waals surface area contributed by atoms with Gasteiger partial charge in [-0.3, -0.25) is 9.59 Å². The Bertz CT molecular complexity index is 742. The summed E-state index contributed by atoms with van der Waals surface area (Å²) in [5, 5.41) is 2.27. The third-order valence-corrected chi connectivity index (χ3v) is 4.74. The Hall–Kier alpha value is -2.27. The van der Waals surface area contributed by atoms with Crippen molar-refractivity contribution in [2.75, 3.05) is 17.7 Å². The van der Waals surface area contributed by atoms with Crippen LogP contribution in [0.2, 0.25) is 0 Å². The van der Waals surface area contributed by atoms with Gasteiger partial charge < -0.3 is 14.8 Å². The number of halogens is 2. The van der Waals surface area contributed by atoms with E-state index in [0.29, 0.717) is 12.8 Å². The predicted octanol–water partition coefficient (Wildman–Crippen LogP) is 1.88. The molecule has 1 amide bonds. The first-order chi connectivity index (χ1) is 12.6. The Kier molecular flexibility index (Phi) is 9.09. The quantitative estimate of drug-likeness (QED) is 0.541. The third kappa shape index (κ3) is 8.78. The predicted molar refractivity (Wildman–Crippen MR) is 94.0 cm³/mol. The van der Waals surface area contributed by atoms with E-state index in [-0.39, 0.29) is 17.2 Å². The van der Waals surface area contributed by atoms with Crippen molar-refractivity contribution in [2.24, 2.45) is 0 Å². The molecule has 0 spiro atoms. The van der Waals surface area contributed by atoms with Gasteiger partial charge in [0.2, 0.25) is 10.0 Å². The van der Waals surface area contributed by atoms with Crippen LogP contribution in [0, 0.1) is 0 Å². The van der Waals surface area contributed by atoms with Crippen LogP contribution >= 0.6 is 0 Å². The molecule has 0 saturated heterocycles. The molecule has 0 aliphatic rings. The molecule has 0 fully saturated rings. The van der Waals surface area contributed by atoms with E-state index in [1.807, 2.05) is 6.92 Å². The van der Waals surface area contributed by atoms with Gasteiger partial charge in [-0.15, -0.1) is 0 Å². The lowest BCUT2D eigenvalue weighted by Crippen LogP contribution is -2.41. The average Bonchev–Trinajstić information content (AvgIpc) is 2.58. The smallest absolute Gasteiger partial charge is 0.387 e. The molecule has 27 heavy (non-hydrogen) atoms. The maximum absolute atomic E-state index is 12.3. The Morgan fingerprint density at radius 3 is 2.52 bits per heavy atom. The number of hydrogen-bond acceptors (Lipinski definition) is 6. The van der Waals surface area contributed by atoms with E-state index in [1.54, 1.807) is 0 Å². The van der Waals surface area contributed by atoms with Crippen molar-refractivity contribution >= 4 is 27.6 Å². The molecule has 8 nitrogen and oxygen atoms in total. The van der Waals surface area contributed by atoms with Gasteiger partial charge in [0.25, 0.3) is 5.91 Å². The van der Waals surface area contributed by atoms with E-state index >= 15 is 0 Å². The van der Waals surface area contributed by atoms with Crippen LogP contribution in [0.3, 0.4) is 0 Å². The Morgan fingerprint density at radius 2 is 1.89 bits per heavy atom. The molecule has 2 N–H and O–H groups in total. The van der Waals surface area contributed by atoms with Crippen LogP contribution < -0.4 is 14.8 Å². The molecule has 0 unspecified atom stereocenters.